The molecule has 0 spiro atoms. The van der Waals surface area contributed by atoms with Crippen molar-refractivity contribution in [3.05, 3.63) is 77.1 Å². The van der Waals surface area contributed by atoms with Gasteiger partial charge < -0.3 is 10.4 Å². The minimum absolute atomic E-state index is 0.134. The summed E-state index contributed by atoms with van der Waals surface area (Å²) in [5.41, 5.74) is 1.07. The van der Waals surface area contributed by atoms with Gasteiger partial charge in [0.15, 0.2) is 0 Å². The first-order chi connectivity index (χ1) is 14.8. The average Bonchev–Trinajstić information content (AvgIpc) is 2.71. The van der Waals surface area contributed by atoms with Crippen molar-refractivity contribution >= 4 is 23.2 Å². The second-order valence-corrected chi connectivity index (χ2v) is 7.25. The van der Waals surface area contributed by atoms with Crippen molar-refractivity contribution in [1.29, 1.82) is 0 Å². The zero-order valence-corrected chi connectivity index (χ0v) is 16.5. The largest absolute Gasteiger partial charge is 0.483 e. The molecule has 2 N–H and O–H groups in total. The third-order valence-corrected chi connectivity index (χ3v) is 5.22. The molecule has 0 atom stereocenters. The standard InChI is InChI=1S/C22H19F3N2O.CH2O2/c23-22(24,25)20-11-8-14(13-26-20)12-19-17-7-2-1-4-15(17)9-10-18(19)21(28)27-16-5-3-6-16;2-1-3/h1-2,4,7-11,13,16H,3,5-6,12H2,(H,27,28);1H,(H,2,3). The minimum atomic E-state index is -4.47. The SMILES string of the molecule is O=C(NC1CCC1)c1ccc2ccccc2c1Cc1ccc(C(F)(F)F)nc1.O=CO. The summed E-state index contributed by atoms with van der Waals surface area (Å²) in [5, 5.41) is 11.8. The number of aromatic nitrogens is 1. The predicted molar refractivity (Wildman–Crippen MR) is 110 cm³/mol. The van der Waals surface area contributed by atoms with Gasteiger partial charge in [-0.05, 0) is 53.3 Å². The molecule has 5 nitrogen and oxygen atoms in total. The Kier molecular flexibility index (Phi) is 6.89. The molecular formula is C23H21F3N2O3. The van der Waals surface area contributed by atoms with E-state index in [0.29, 0.717) is 17.5 Å². The van der Waals surface area contributed by atoms with Gasteiger partial charge in [0.2, 0.25) is 0 Å². The molecule has 4 rings (SSSR count). The molecule has 1 saturated carbocycles. The van der Waals surface area contributed by atoms with E-state index in [4.69, 9.17) is 9.90 Å². The fourth-order valence-corrected chi connectivity index (χ4v) is 3.46. The van der Waals surface area contributed by atoms with Gasteiger partial charge in [-0.1, -0.05) is 36.4 Å². The summed E-state index contributed by atoms with van der Waals surface area (Å²) in [6.07, 6.45) is 0.186. The Bertz CT molecular complexity index is 1060. The average molecular weight is 430 g/mol. The van der Waals surface area contributed by atoms with Crippen LogP contribution in [0, 0.1) is 0 Å². The lowest BCUT2D eigenvalue weighted by molar-refractivity contribution is -0.141. The van der Waals surface area contributed by atoms with Crippen molar-refractivity contribution in [3.8, 4) is 0 Å². The summed E-state index contributed by atoms with van der Waals surface area (Å²) in [6, 6.07) is 14.0. The maximum Gasteiger partial charge on any atom is 0.433 e. The second-order valence-electron chi connectivity index (χ2n) is 7.25. The van der Waals surface area contributed by atoms with Crippen molar-refractivity contribution in [2.24, 2.45) is 0 Å². The van der Waals surface area contributed by atoms with Crippen LogP contribution in [0.25, 0.3) is 10.8 Å². The minimum Gasteiger partial charge on any atom is -0.483 e. The first-order valence-corrected chi connectivity index (χ1v) is 9.75. The summed E-state index contributed by atoms with van der Waals surface area (Å²) < 4.78 is 38.3. The summed E-state index contributed by atoms with van der Waals surface area (Å²) in [6.45, 7) is -0.250. The molecule has 1 amide bonds. The maximum atomic E-state index is 12.8. The van der Waals surface area contributed by atoms with E-state index in [2.05, 4.69) is 10.3 Å². The summed E-state index contributed by atoms with van der Waals surface area (Å²) in [4.78, 5) is 24.7. The molecule has 1 aromatic heterocycles. The number of halogens is 3. The quantitative estimate of drug-likeness (QED) is 0.582. The van der Waals surface area contributed by atoms with Crippen LogP contribution in [0.4, 0.5) is 13.2 Å². The van der Waals surface area contributed by atoms with Crippen LogP contribution in [-0.2, 0) is 17.4 Å². The first kappa shape index (κ1) is 22.3. The van der Waals surface area contributed by atoms with E-state index in [1.54, 1.807) is 6.07 Å². The van der Waals surface area contributed by atoms with Crippen molar-refractivity contribution in [2.75, 3.05) is 0 Å². The maximum absolute atomic E-state index is 12.8. The van der Waals surface area contributed by atoms with E-state index in [1.807, 2.05) is 30.3 Å². The van der Waals surface area contributed by atoms with Crippen LogP contribution in [0.2, 0.25) is 0 Å². The molecule has 0 bridgehead atoms. The molecule has 8 heteroatoms. The molecule has 3 aromatic rings. The van der Waals surface area contributed by atoms with Gasteiger partial charge in [0.05, 0.1) is 0 Å². The fourth-order valence-electron chi connectivity index (χ4n) is 3.46. The summed E-state index contributed by atoms with van der Waals surface area (Å²) in [7, 11) is 0. The van der Waals surface area contributed by atoms with E-state index >= 15 is 0 Å². The monoisotopic (exact) mass is 430 g/mol. The van der Waals surface area contributed by atoms with Crippen molar-refractivity contribution < 1.29 is 27.9 Å². The number of carboxylic acid groups (broad SMARTS) is 1. The molecule has 0 unspecified atom stereocenters. The normalized spacial score (nSPS) is 13.6. The molecule has 2 aromatic carbocycles. The van der Waals surface area contributed by atoms with Crippen LogP contribution >= 0.6 is 0 Å². The van der Waals surface area contributed by atoms with Crippen LogP contribution in [0.3, 0.4) is 0 Å². The lowest BCUT2D eigenvalue weighted by Crippen LogP contribution is -2.39. The van der Waals surface area contributed by atoms with Crippen LogP contribution in [-0.4, -0.2) is 28.5 Å². The Morgan fingerprint density at radius 3 is 2.42 bits per heavy atom. The van der Waals surface area contributed by atoms with E-state index in [1.165, 1.54) is 12.3 Å². The van der Waals surface area contributed by atoms with Gasteiger partial charge in [0, 0.05) is 24.2 Å². The number of rotatable bonds is 4. The molecule has 1 aliphatic carbocycles. The number of fused-ring (bicyclic) bond motifs is 1. The molecule has 1 aliphatic rings. The lowest BCUT2D eigenvalue weighted by Gasteiger charge is -2.27. The Morgan fingerprint density at radius 2 is 1.84 bits per heavy atom. The topological polar surface area (TPSA) is 79.3 Å². The number of pyridine rings is 1. The number of alkyl halides is 3. The molecular weight excluding hydrogens is 409 g/mol. The molecule has 162 valence electrons. The first-order valence-electron chi connectivity index (χ1n) is 9.75. The molecule has 0 aliphatic heterocycles. The number of carbonyl (C=O) groups excluding carboxylic acids is 1. The van der Waals surface area contributed by atoms with E-state index in [0.717, 1.165) is 41.7 Å². The van der Waals surface area contributed by atoms with Crippen molar-refractivity contribution in [2.45, 2.75) is 37.9 Å². The van der Waals surface area contributed by atoms with Crippen LogP contribution < -0.4 is 5.32 Å². The van der Waals surface area contributed by atoms with Crippen LogP contribution in [0.1, 0.15) is 46.4 Å². The van der Waals surface area contributed by atoms with Crippen LogP contribution in [0.15, 0.2) is 54.7 Å². The number of nitrogens with zero attached hydrogens (tertiary/aromatic N) is 1. The second kappa shape index (κ2) is 9.59. The molecule has 31 heavy (non-hydrogen) atoms. The van der Waals surface area contributed by atoms with Crippen molar-refractivity contribution in [1.82, 2.24) is 10.3 Å². The molecule has 1 fully saturated rings. The number of carbonyl (C=O) groups is 2. The van der Waals surface area contributed by atoms with E-state index in [9.17, 15) is 18.0 Å². The third-order valence-electron chi connectivity index (χ3n) is 5.22. The Balaban J connectivity index is 0.000000858. The highest BCUT2D eigenvalue weighted by Crippen LogP contribution is 2.29. The predicted octanol–water partition coefficient (Wildman–Crippen LogP) is 4.83. The summed E-state index contributed by atoms with van der Waals surface area (Å²) in [5.74, 6) is -0.134. The van der Waals surface area contributed by atoms with Gasteiger partial charge in [0.25, 0.3) is 12.4 Å². The highest BCUT2D eigenvalue weighted by atomic mass is 19.4. The van der Waals surface area contributed by atoms with Gasteiger partial charge in [-0.2, -0.15) is 13.2 Å². The Morgan fingerprint density at radius 1 is 1.13 bits per heavy atom. The smallest absolute Gasteiger partial charge is 0.433 e. The number of hydrogen-bond donors (Lipinski definition) is 2. The number of amides is 1. The van der Waals surface area contributed by atoms with E-state index in [-0.39, 0.29) is 18.4 Å². The number of benzene rings is 2. The van der Waals surface area contributed by atoms with Gasteiger partial charge in [-0.25, -0.2) is 0 Å². The Hall–Kier alpha value is -3.42. The van der Waals surface area contributed by atoms with E-state index < -0.39 is 11.9 Å². The van der Waals surface area contributed by atoms with Gasteiger partial charge in [-0.15, -0.1) is 0 Å². The molecule has 1 heterocycles. The third kappa shape index (κ3) is 5.39. The van der Waals surface area contributed by atoms with Crippen LogP contribution in [0.5, 0.6) is 0 Å². The Labute approximate surface area is 176 Å². The number of nitrogens with one attached hydrogen (secondary N) is 1. The van der Waals surface area contributed by atoms with Gasteiger partial charge in [0.1, 0.15) is 5.69 Å². The lowest BCUT2D eigenvalue weighted by atomic mass is 9.91. The molecule has 0 radical (unpaired) electrons. The zero-order chi connectivity index (χ0) is 22.4. The summed E-state index contributed by atoms with van der Waals surface area (Å²) >= 11 is 0. The highest BCUT2D eigenvalue weighted by Gasteiger charge is 2.32. The fraction of sp³-hybridized carbons (Fsp3) is 0.261. The number of hydrogen-bond acceptors (Lipinski definition) is 3. The highest BCUT2D eigenvalue weighted by molar-refractivity contribution is 6.01. The zero-order valence-electron chi connectivity index (χ0n) is 16.5. The van der Waals surface area contributed by atoms with Gasteiger partial charge in [-0.3, -0.25) is 14.6 Å². The van der Waals surface area contributed by atoms with Gasteiger partial charge >= 0.3 is 6.18 Å². The molecule has 0 saturated heterocycles. The van der Waals surface area contributed by atoms with Crippen molar-refractivity contribution in [3.63, 3.8) is 0 Å².